The maximum atomic E-state index is 13.1. The molecule has 2 aromatic rings. The van der Waals surface area contributed by atoms with Gasteiger partial charge in [0, 0.05) is 11.9 Å². The van der Waals surface area contributed by atoms with E-state index in [0.717, 1.165) is 29.8 Å². The zero-order valence-corrected chi connectivity index (χ0v) is 10.3. The van der Waals surface area contributed by atoms with Gasteiger partial charge in [-0.2, -0.15) is 0 Å². The molecule has 0 radical (unpaired) electrons. The molecule has 0 aliphatic heterocycles. The van der Waals surface area contributed by atoms with Crippen LogP contribution in [0.5, 0.6) is 0 Å². The number of nitrogens with zero attached hydrogens (tertiary/aromatic N) is 1. The summed E-state index contributed by atoms with van der Waals surface area (Å²) in [6.45, 7) is 1.92. The molecule has 2 nitrogen and oxygen atoms in total. The fraction of sp³-hybridized carbons (Fsp3) is 0.267. The smallest absolute Gasteiger partial charge is 0.123 e. The molecule has 1 aromatic carbocycles. The highest BCUT2D eigenvalue weighted by Crippen LogP contribution is 2.32. The molecule has 0 fully saturated rings. The lowest BCUT2D eigenvalue weighted by molar-refractivity contribution is 0.626. The molecule has 3 heteroatoms. The van der Waals surface area contributed by atoms with Crippen LogP contribution in [0.2, 0.25) is 0 Å². The number of aromatic nitrogens is 1. The molecule has 92 valence electrons. The minimum atomic E-state index is -0.192. The van der Waals surface area contributed by atoms with Gasteiger partial charge in [-0.3, -0.25) is 4.98 Å². The largest absolute Gasteiger partial charge is 0.376 e. The fourth-order valence-corrected chi connectivity index (χ4v) is 2.53. The Labute approximate surface area is 106 Å². The number of halogens is 1. The van der Waals surface area contributed by atoms with Gasteiger partial charge in [-0.15, -0.1) is 0 Å². The van der Waals surface area contributed by atoms with Crippen LogP contribution >= 0.6 is 0 Å². The first kappa shape index (κ1) is 11.2. The lowest BCUT2D eigenvalue weighted by Crippen LogP contribution is -2.09. The third-order valence-corrected chi connectivity index (χ3v) is 3.48. The van der Waals surface area contributed by atoms with Gasteiger partial charge in [-0.05, 0) is 55.2 Å². The second-order valence-electron chi connectivity index (χ2n) is 4.74. The molecule has 1 aliphatic rings. The summed E-state index contributed by atoms with van der Waals surface area (Å²) in [7, 11) is 0. The zero-order valence-electron chi connectivity index (χ0n) is 10.3. The van der Waals surface area contributed by atoms with Crippen molar-refractivity contribution in [3.63, 3.8) is 0 Å². The van der Waals surface area contributed by atoms with Crippen LogP contribution in [0.4, 0.5) is 10.1 Å². The first-order valence-electron chi connectivity index (χ1n) is 6.20. The summed E-state index contributed by atoms with van der Waals surface area (Å²) in [6.07, 6.45) is 3.93. The molecule has 0 saturated heterocycles. The maximum Gasteiger partial charge on any atom is 0.123 e. The Morgan fingerprint density at radius 3 is 3.06 bits per heavy atom. The van der Waals surface area contributed by atoms with E-state index in [1.54, 1.807) is 12.1 Å². The van der Waals surface area contributed by atoms with Crippen LogP contribution in [0.1, 0.15) is 29.3 Å². The average Bonchev–Trinajstić information content (AvgIpc) is 2.76. The maximum absolute atomic E-state index is 13.1. The Morgan fingerprint density at radius 2 is 2.22 bits per heavy atom. The summed E-state index contributed by atoms with van der Waals surface area (Å²) in [5, 5.41) is 3.46. The molecule has 3 rings (SSSR count). The van der Waals surface area contributed by atoms with Crippen LogP contribution in [-0.4, -0.2) is 4.98 Å². The number of fused-ring (bicyclic) bond motifs is 1. The van der Waals surface area contributed by atoms with Crippen molar-refractivity contribution in [1.82, 2.24) is 4.98 Å². The first-order valence-corrected chi connectivity index (χ1v) is 6.20. The first-order chi connectivity index (χ1) is 8.74. The molecule has 0 amide bonds. The minimum Gasteiger partial charge on any atom is -0.376 e. The van der Waals surface area contributed by atoms with E-state index < -0.39 is 0 Å². The molecule has 0 bridgehead atoms. The monoisotopic (exact) mass is 242 g/mol. The lowest BCUT2D eigenvalue weighted by atomic mass is 10.1. The normalized spacial score (nSPS) is 17.6. The van der Waals surface area contributed by atoms with Crippen LogP contribution in [0.15, 0.2) is 36.5 Å². The molecule has 18 heavy (non-hydrogen) atoms. The number of rotatable bonds is 2. The summed E-state index contributed by atoms with van der Waals surface area (Å²) < 4.78 is 13.1. The zero-order chi connectivity index (χ0) is 12.5. The van der Waals surface area contributed by atoms with Gasteiger partial charge < -0.3 is 5.32 Å². The summed E-state index contributed by atoms with van der Waals surface area (Å²) in [4.78, 5) is 4.45. The van der Waals surface area contributed by atoms with Crippen molar-refractivity contribution in [2.24, 2.45) is 0 Å². The van der Waals surface area contributed by atoms with Gasteiger partial charge in [0.15, 0.2) is 0 Å². The number of hydrogen-bond donors (Lipinski definition) is 1. The van der Waals surface area contributed by atoms with Crippen LogP contribution in [-0.2, 0) is 6.42 Å². The average molecular weight is 242 g/mol. The predicted molar refractivity (Wildman–Crippen MR) is 70.1 cm³/mol. The number of aryl methyl sites for hydroxylation is 2. The Bertz CT molecular complexity index is 580. The highest BCUT2D eigenvalue weighted by molar-refractivity contribution is 5.52. The van der Waals surface area contributed by atoms with Crippen LogP contribution in [0, 0.1) is 12.7 Å². The SMILES string of the molecule is Cc1cc(F)ccc1NC1CCc2cccnc21. The number of anilines is 1. The summed E-state index contributed by atoms with van der Waals surface area (Å²) in [5.41, 5.74) is 4.36. The molecule has 1 unspecified atom stereocenters. The molecular weight excluding hydrogens is 227 g/mol. The number of hydrogen-bond acceptors (Lipinski definition) is 2. The van der Waals surface area contributed by atoms with Crippen molar-refractivity contribution in [2.45, 2.75) is 25.8 Å². The Hall–Kier alpha value is -1.90. The summed E-state index contributed by atoms with van der Waals surface area (Å²) in [5.74, 6) is -0.192. The quantitative estimate of drug-likeness (QED) is 0.869. The third kappa shape index (κ3) is 1.96. The van der Waals surface area contributed by atoms with E-state index in [0.29, 0.717) is 0 Å². The number of pyridine rings is 1. The van der Waals surface area contributed by atoms with Gasteiger partial charge in [0.05, 0.1) is 11.7 Å². The number of nitrogens with one attached hydrogen (secondary N) is 1. The van der Waals surface area contributed by atoms with E-state index in [9.17, 15) is 4.39 Å². The van der Waals surface area contributed by atoms with Crippen LogP contribution in [0.3, 0.4) is 0 Å². The molecule has 1 N–H and O–H groups in total. The molecule has 0 spiro atoms. The Morgan fingerprint density at radius 1 is 1.33 bits per heavy atom. The van der Waals surface area contributed by atoms with Crippen molar-refractivity contribution < 1.29 is 4.39 Å². The Kier molecular flexibility index (Phi) is 2.74. The molecule has 1 atom stereocenters. The molecule has 1 aromatic heterocycles. The van der Waals surface area contributed by atoms with Gasteiger partial charge in [-0.1, -0.05) is 6.07 Å². The second-order valence-corrected chi connectivity index (χ2v) is 4.74. The Balaban J connectivity index is 1.86. The minimum absolute atomic E-state index is 0.192. The van der Waals surface area contributed by atoms with Crippen molar-refractivity contribution in [3.05, 3.63) is 59.2 Å². The second kappa shape index (κ2) is 4.41. The predicted octanol–water partition coefficient (Wildman–Crippen LogP) is 3.63. The van der Waals surface area contributed by atoms with E-state index in [1.807, 2.05) is 19.2 Å². The summed E-state index contributed by atoms with van der Waals surface area (Å²) in [6, 6.07) is 9.18. The van der Waals surface area contributed by atoms with Crippen molar-refractivity contribution >= 4 is 5.69 Å². The van der Waals surface area contributed by atoms with E-state index >= 15 is 0 Å². The molecule has 1 aliphatic carbocycles. The third-order valence-electron chi connectivity index (χ3n) is 3.48. The van der Waals surface area contributed by atoms with Gasteiger partial charge >= 0.3 is 0 Å². The van der Waals surface area contributed by atoms with E-state index in [2.05, 4.69) is 16.4 Å². The van der Waals surface area contributed by atoms with Gasteiger partial charge in [0.25, 0.3) is 0 Å². The highest BCUT2D eigenvalue weighted by atomic mass is 19.1. The molecule has 1 heterocycles. The van der Waals surface area contributed by atoms with Crippen molar-refractivity contribution in [1.29, 1.82) is 0 Å². The topological polar surface area (TPSA) is 24.9 Å². The van der Waals surface area contributed by atoms with Gasteiger partial charge in [0.2, 0.25) is 0 Å². The fourth-order valence-electron chi connectivity index (χ4n) is 2.53. The van der Waals surface area contributed by atoms with Crippen LogP contribution in [0.25, 0.3) is 0 Å². The van der Waals surface area contributed by atoms with Crippen molar-refractivity contribution in [3.8, 4) is 0 Å². The number of benzene rings is 1. The summed E-state index contributed by atoms with van der Waals surface area (Å²) >= 11 is 0. The van der Waals surface area contributed by atoms with E-state index in [-0.39, 0.29) is 11.9 Å². The van der Waals surface area contributed by atoms with E-state index in [1.165, 1.54) is 11.6 Å². The van der Waals surface area contributed by atoms with Crippen LogP contribution < -0.4 is 5.32 Å². The molecule has 0 saturated carbocycles. The lowest BCUT2D eigenvalue weighted by Gasteiger charge is -2.16. The van der Waals surface area contributed by atoms with Crippen molar-refractivity contribution in [2.75, 3.05) is 5.32 Å². The standard InChI is InChI=1S/C15H15FN2/c1-10-9-12(16)5-7-13(10)18-14-6-4-11-3-2-8-17-15(11)14/h2-3,5,7-9,14,18H,4,6H2,1H3. The van der Waals surface area contributed by atoms with Gasteiger partial charge in [0.1, 0.15) is 5.82 Å². The van der Waals surface area contributed by atoms with E-state index in [4.69, 9.17) is 0 Å². The molecular formula is C15H15FN2. The van der Waals surface area contributed by atoms with Gasteiger partial charge in [-0.25, -0.2) is 4.39 Å². The highest BCUT2D eigenvalue weighted by Gasteiger charge is 2.23.